The summed E-state index contributed by atoms with van der Waals surface area (Å²) in [4.78, 5) is 29.4. The molecule has 0 saturated heterocycles. The number of hydrogen-bond acceptors (Lipinski definition) is 6. The van der Waals surface area contributed by atoms with Crippen LogP contribution in [0.3, 0.4) is 0 Å². The molecule has 1 N–H and O–H groups in total. The van der Waals surface area contributed by atoms with E-state index >= 15 is 0 Å². The van der Waals surface area contributed by atoms with Gasteiger partial charge < -0.3 is 9.15 Å². The molecule has 0 bridgehead atoms. The highest BCUT2D eigenvalue weighted by atomic mass is 32.1. The van der Waals surface area contributed by atoms with Gasteiger partial charge in [-0.15, -0.1) is 0 Å². The first-order valence-corrected chi connectivity index (χ1v) is 9.08. The van der Waals surface area contributed by atoms with E-state index in [0.717, 1.165) is 27.1 Å². The number of rotatable bonds is 3. The molecule has 27 heavy (non-hydrogen) atoms. The van der Waals surface area contributed by atoms with E-state index in [0.29, 0.717) is 16.1 Å². The van der Waals surface area contributed by atoms with Crippen LogP contribution in [0.15, 0.2) is 45.6 Å². The number of aryl methyl sites for hydroxylation is 2. The van der Waals surface area contributed by atoms with Gasteiger partial charge in [-0.3, -0.25) is 14.9 Å². The average molecular weight is 380 g/mol. The predicted molar refractivity (Wildman–Crippen MR) is 106 cm³/mol. The van der Waals surface area contributed by atoms with E-state index in [1.807, 2.05) is 32.0 Å². The number of ether oxygens (including phenoxy) is 1. The molecule has 2 heterocycles. The van der Waals surface area contributed by atoms with Gasteiger partial charge in [0.1, 0.15) is 11.3 Å². The smallest absolute Gasteiger partial charge is 0.293 e. The molecule has 4 aromatic rings. The summed E-state index contributed by atoms with van der Waals surface area (Å²) in [7, 11) is 1.59. The number of benzene rings is 2. The third-order valence-corrected chi connectivity index (χ3v) is 5.39. The summed E-state index contributed by atoms with van der Waals surface area (Å²) >= 11 is 1.32. The number of nitrogens with zero attached hydrogens (tertiary/aromatic N) is 1. The molecule has 0 saturated carbocycles. The molecule has 6 nitrogen and oxygen atoms in total. The Morgan fingerprint density at radius 3 is 2.78 bits per heavy atom. The number of amides is 1. The Hall–Kier alpha value is -3.19. The van der Waals surface area contributed by atoms with Crippen molar-refractivity contribution in [2.75, 3.05) is 12.4 Å². The molecule has 0 unspecified atom stereocenters. The number of aromatic nitrogens is 1. The van der Waals surface area contributed by atoms with Crippen molar-refractivity contribution in [1.82, 2.24) is 4.98 Å². The Morgan fingerprint density at radius 2 is 2.00 bits per heavy atom. The largest absolute Gasteiger partial charge is 0.497 e. The fraction of sp³-hybridized carbons (Fsp3) is 0.150. The average Bonchev–Trinajstić information content (AvgIpc) is 3.05. The van der Waals surface area contributed by atoms with Crippen LogP contribution in [0.1, 0.15) is 21.7 Å². The van der Waals surface area contributed by atoms with Gasteiger partial charge in [0.2, 0.25) is 0 Å². The number of carbonyl (C=O) groups excluding carboxylic acids is 1. The molecule has 0 aliphatic carbocycles. The van der Waals surface area contributed by atoms with Crippen LogP contribution in [-0.4, -0.2) is 18.0 Å². The van der Waals surface area contributed by atoms with Gasteiger partial charge in [0.15, 0.2) is 16.3 Å². The van der Waals surface area contributed by atoms with Crippen LogP contribution in [0.5, 0.6) is 5.75 Å². The zero-order valence-corrected chi connectivity index (χ0v) is 15.8. The number of carbonyl (C=O) groups is 1. The molecule has 4 rings (SSSR count). The van der Waals surface area contributed by atoms with E-state index < -0.39 is 5.91 Å². The lowest BCUT2D eigenvalue weighted by Gasteiger charge is -2.06. The van der Waals surface area contributed by atoms with E-state index in [4.69, 9.17) is 9.15 Å². The van der Waals surface area contributed by atoms with Gasteiger partial charge in [0, 0.05) is 6.07 Å². The molecule has 0 radical (unpaired) electrons. The van der Waals surface area contributed by atoms with Gasteiger partial charge in [-0.2, -0.15) is 0 Å². The van der Waals surface area contributed by atoms with Crippen molar-refractivity contribution in [3.8, 4) is 5.75 Å². The zero-order chi connectivity index (χ0) is 19.1. The van der Waals surface area contributed by atoms with Crippen LogP contribution >= 0.6 is 11.3 Å². The fourth-order valence-corrected chi connectivity index (χ4v) is 3.70. The maximum absolute atomic E-state index is 12.6. The van der Waals surface area contributed by atoms with Gasteiger partial charge in [-0.1, -0.05) is 17.4 Å². The van der Waals surface area contributed by atoms with Crippen molar-refractivity contribution in [3.63, 3.8) is 0 Å². The van der Waals surface area contributed by atoms with Crippen molar-refractivity contribution < 1.29 is 13.9 Å². The molecule has 2 aromatic heterocycles. The Bertz CT molecular complexity index is 1260. The normalized spacial score (nSPS) is 11.1. The highest BCUT2D eigenvalue weighted by molar-refractivity contribution is 7.22. The molecule has 1 amide bonds. The minimum Gasteiger partial charge on any atom is -0.497 e. The topological polar surface area (TPSA) is 81.4 Å². The second kappa shape index (κ2) is 6.51. The van der Waals surface area contributed by atoms with Crippen molar-refractivity contribution >= 4 is 43.6 Å². The van der Waals surface area contributed by atoms with Gasteiger partial charge >= 0.3 is 0 Å². The lowest BCUT2D eigenvalue weighted by molar-refractivity contribution is 0.0997. The third-order valence-electron chi connectivity index (χ3n) is 4.46. The van der Waals surface area contributed by atoms with Gasteiger partial charge in [-0.05, 0) is 49.2 Å². The first-order chi connectivity index (χ1) is 13.0. The summed E-state index contributed by atoms with van der Waals surface area (Å²) in [5, 5.41) is 3.59. The van der Waals surface area contributed by atoms with Gasteiger partial charge in [0.25, 0.3) is 5.91 Å². The van der Waals surface area contributed by atoms with Crippen LogP contribution < -0.4 is 15.5 Å². The molecule has 7 heteroatoms. The predicted octanol–water partition coefficient (Wildman–Crippen LogP) is 4.28. The summed E-state index contributed by atoms with van der Waals surface area (Å²) in [5.41, 5.74) is 2.76. The number of thiazole rings is 1. The van der Waals surface area contributed by atoms with Gasteiger partial charge in [-0.25, -0.2) is 4.98 Å². The Morgan fingerprint density at radius 1 is 1.19 bits per heavy atom. The first kappa shape index (κ1) is 17.2. The molecule has 2 aromatic carbocycles. The number of methoxy groups -OCH3 is 1. The molecule has 0 fully saturated rings. The molecule has 0 spiro atoms. The first-order valence-electron chi connectivity index (χ1n) is 8.26. The van der Waals surface area contributed by atoms with E-state index in [9.17, 15) is 9.59 Å². The Kier molecular flexibility index (Phi) is 4.16. The minimum atomic E-state index is -0.513. The summed E-state index contributed by atoms with van der Waals surface area (Å²) in [6.45, 7) is 3.79. The van der Waals surface area contributed by atoms with E-state index in [1.54, 1.807) is 19.2 Å². The van der Waals surface area contributed by atoms with Crippen LogP contribution in [0.25, 0.3) is 21.2 Å². The minimum absolute atomic E-state index is 0.0435. The molecule has 0 aliphatic rings. The second-order valence-electron chi connectivity index (χ2n) is 6.17. The standard InChI is InChI=1S/C20H16N2O4S/c1-10-4-6-13-15(23)9-16(26-18(13)11(10)2)19(24)22-20-21-14-7-5-12(25-3)8-17(14)27-20/h4-9H,1-3H3,(H,21,22,24). The summed E-state index contributed by atoms with van der Waals surface area (Å²) < 4.78 is 11.8. The van der Waals surface area contributed by atoms with Crippen molar-refractivity contribution in [2.45, 2.75) is 13.8 Å². The molecule has 0 atom stereocenters. The maximum Gasteiger partial charge on any atom is 0.293 e. The lowest BCUT2D eigenvalue weighted by atomic mass is 10.1. The molecule has 136 valence electrons. The molecular formula is C20H16N2O4S. The highest BCUT2D eigenvalue weighted by Gasteiger charge is 2.16. The second-order valence-corrected chi connectivity index (χ2v) is 7.20. The van der Waals surface area contributed by atoms with E-state index in [1.165, 1.54) is 17.4 Å². The maximum atomic E-state index is 12.6. The number of nitrogens with one attached hydrogen (secondary N) is 1. The van der Waals surface area contributed by atoms with E-state index in [-0.39, 0.29) is 11.2 Å². The number of anilines is 1. The Balaban J connectivity index is 1.70. The van der Waals surface area contributed by atoms with Crippen molar-refractivity contribution in [2.24, 2.45) is 0 Å². The van der Waals surface area contributed by atoms with Crippen molar-refractivity contribution in [1.29, 1.82) is 0 Å². The number of fused-ring (bicyclic) bond motifs is 2. The van der Waals surface area contributed by atoms with E-state index in [2.05, 4.69) is 10.3 Å². The van der Waals surface area contributed by atoms with Gasteiger partial charge in [0.05, 0.1) is 22.7 Å². The van der Waals surface area contributed by atoms with Crippen LogP contribution in [0.4, 0.5) is 5.13 Å². The molecule has 0 aliphatic heterocycles. The molecular weight excluding hydrogens is 364 g/mol. The summed E-state index contributed by atoms with van der Waals surface area (Å²) in [6.07, 6.45) is 0. The summed E-state index contributed by atoms with van der Waals surface area (Å²) in [5.74, 6) is 0.161. The van der Waals surface area contributed by atoms with Crippen LogP contribution in [0.2, 0.25) is 0 Å². The zero-order valence-electron chi connectivity index (χ0n) is 15.0. The SMILES string of the molecule is COc1ccc2nc(NC(=O)c3cc(=O)c4ccc(C)c(C)c4o3)sc2c1. The van der Waals surface area contributed by atoms with Crippen molar-refractivity contribution in [3.05, 3.63) is 63.5 Å². The number of hydrogen-bond donors (Lipinski definition) is 1. The third kappa shape index (κ3) is 3.06. The lowest BCUT2D eigenvalue weighted by Crippen LogP contribution is -2.15. The highest BCUT2D eigenvalue weighted by Crippen LogP contribution is 2.29. The van der Waals surface area contributed by atoms with Crippen LogP contribution in [0, 0.1) is 13.8 Å². The Labute approximate surface area is 158 Å². The fourth-order valence-electron chi connectivity index (χ4n) is 2.81. The van der Waals surface area contributed by atoms with Crippen LogP contribution in [-0.2, 0) is 0 Å². The summed E-state index contributed by atoms with van der Waals surface area (Å²) in [6, 6.07) is 10.3. The quantitative estimate of drug-likeness (QED) is 0.574. The monoisotopic (exact) mass is 380 g/mol.